The zero-order valence-corrected chi connectivity index (χ0v) is 20.9. The fraction of sp³-hybridized carbons (Fsp3) is 0.444. The van der Waals surface area contributed by atoms with E-state index in [1.54, 1.807) is 5.06 Å². The molecule has 0 radical (unpaired) electrons. The first-order valence-corrected chi connectivity index (χ1v) is 12.4. The summed E-state index contributed by atoms with van der Waals surface area (Å²) in [5.41, 5.74) is 4.94. The van der Waals surface area contributed by atoms with E-state index in [-0.39, 0.29) is 23.8 Å². The summed E-state index contributed by atoms with van der Waals surface area (Å²) in [7, 11) is 3.41. The number of aliphatic carboxylic acids is 1. The maximum absolute atomic E-state index is 13.5. The number of pyridine rings is 1. The Hall–Kier alpha value is -3.43. The van der Waals surface area contributed by atoms with Gasteiger partial charge in [-0.05, 0) is 68.0 Å². The first-order chi connectivity index (χ1) is 17.4. The number of aryl methyl sites for hydroxylation is 2. The van der Waals surface area contributed by atoms with Crippen molar-refractivity contribution in [3.05, 3.63) is 70.7 Å². The maximum Gasteiger partial charge on any atom is 0.373 e. The van der Waals surface area contributed by atoms with Gasteiger partial charge in [0.2, 0.25) is 5.76 Å². The van der Waals surface area contributed by atoms with Crippen molar-refractivity contribution in [1.29, 1.82) is 0 Å². The highest BCUT2D eigenvalue weighted by Gasteiger charge is 2.40. The number of fused-ring (bicyclic) bond motifs is 1. The molecule has 2 aliphatic heterocycles. The van der Waals surface area contributed by atoms with E-state index >= 15 is 0 Å². The van der Waals surface area contributed by atoms with Gasteiger partial charge in [0, 0.05) is 62.5 Å². The summed E-state index contributed by atoms with van der Waals surface area (Å²) in [6, 6.07) is 9.96. The molecule has 5 rings (SSSR count). The predicted molar refractivity (Wildman–Crippen MR) is 133 cm³/mol. The minimum Gasteiger partial charge on any atom is -0.475 e. The number of anilines is 1. The highest BCUT2D eigenvalue weighted by molar-refractivity contribution is 5.94. The van der Waals surface area contributed by atoms with Crippen LogP contribution in [0.2, 0.25) is 0 Å². The Morgan fingerprint density at radius 2 is 1.94 bits per heavy atom. The van der Waals surface area contributed by atoms with Gasteiger partial charge in [-0.25, -0.2) is 4.79 Å². The monoisotopic (exact) mass is 492 g/mol. The van der Waals surface area contributed by atoms with E-state index in [2.05, 4.69) is 16.0 Å². The van der Waals surface area contributed by atoms with Crippen molar-refractivity contribution in [3.63, 3.8) is 0 Å². The summed E-state index contributed by atoms with van der Waals surface area (Å²) in [6.07, 6.45) is 6.10. The lowest BCUT2D eigenvalue weighted by Crippen LogP contribution is -2.45. The van der Waals surface area contributed by atoms with Crippen molar-refractivity contribution in [2.24, 2.45) is 0 Å². The first-order valence-electron chi connectivity index (χ1n) is 12.4. The summed E-state index contributed by atoms with van der Waals surface area (Å²) < 4.78 is 5.45. The van der Waals surface area contributed by atoms with Crippen LogP contribution in [0.25, 0.3) is 0 Å². The Kier molecular flexibility index (Phi) is 6.68. The Balaban J connectivity index is 1.27. The van der Waals surface area contributed by atoms with Gasteiger partial charge in [0.05, 0.1) is 6.04 Å². The normalized spacial score (nSPS) is 22.2. The molecule has 2 atom stereocenters. The number of rotatable bonds is 6. The second-order valence-electron chi connectivity index (χ2n) is 9.67. The Bertz CT molecular complexity index is 1190. The molecule has 1 unspecified atom stereocenters. The number of carbonyl (C=O) groups is 2. The molecule has 1 aromatic heterocycles. The topological polar surface area (TPSA) is 95.4 Å². The van der Waals surface area contributed by atoms with Crippen LogP contribution in [-0.4, -0.2) is 71.4 Å². The number of piperidine rings is 1. The molecule has 0 spiro atoms. The van der Waals surface area contributed by atoms with Gasteiger partial charge in [0.25, 0.3) is 5.91 Å². The number of carboxylic acids is 1. The van der Waals surface area contributed by atoms with Crippen molar-refractivity contribution in [2.75, 3.05) is 32.1 Å². The lowest BCUT2D eigenvalue weighted by atomic mass is 10.00. The lowest BCUT2D eigenvalue weighted by Gasteiger charge is -2.38. The van der Waals surface area contributed by atoms with Crippen molar-refractivity contribution in [3.8, 4) is 0 Å². The molecule has 1 aromatic carbocycles. The molecule has 9 nitrogen and oxygen atoms in total. The third-order valence-electron chi connectivity index (χ3n) is 7.52. The van der Waals surface area contributed by atoms with E-state index in [1.807, 2.05) is 49.3 Å². The molecule has 3 aliphatic rings. The number of hydrogen-bond donors (Lipinski definition) is 1. The van der Waals surface area contributed by atoms with Crippen molar-refractivity contribution < 1.29 is 24.3 Å². The van der Waals surface area contributed by atoms with Crippen LogP contribution in [0.3, 0.4) is 0 Å². The summed E-state index contributed by atoms with van der Waals surface area (Å²) in [6.45, 7) is 3.78. The van der Waals surface area contributed by atoms with Crippen LogP contribution in [-0.2, 0) is 20.8 Å². The highest BCUT2D eigenvalue weighted by atomic mass is 16.7. The molecule has 36 heavy (non-hydrogen) atoms. The zero-order chi connectivity index (χ0) is 25.4. The van der Waals surface area contributed by atoms with Crippen LogP contribution < -0.4 is 4.90 Å². The molecular formula is C27H32N4O5. The molecule has 2 aromatic rings. The number of hydroxylamine groups is 2. The van der Waals surface area contributed by atoms with Crippen LogP contribution in [0.4, 0.5) is 5.69 Å². The van der Waals surface area contributed by atoms with Gasteiger partial charge in [-0.3, -0.25) is 9.78 Å². The maximum atomic E-state index is 13.5. The van der Waals surface area contributed by atoms with Gasteiger partial charge < -0.3 is 24.5 Å². The predicted octanol–water partition coefficient (Wildman–Crippen LogP) is 3.31. The molecular weight excluding hydrogens is 460 g/mol. The SMILES string of the molecule is COC1C=C(C(=O)O)ON1[C@@H]1CCc2ccc(C(=O)N(C)C3CCN(c4ccnc(C)c4)CC3)cc21. The number of nitrogens with zero attached hydrogens (tertiary/aromatic N) is 4. The third-order valence-corrected chi connectivity index (χ3v) is 7.52. The summed E-state index contributed by atoms with van der Waals surface area (Å²) in [5, 5.41) is 10.9. The van der Waals surface area contributed by atoms with Gasteiger partial charge in [0.15, 0.2) is 6.23 Å². The second-order valence-corrected chi connectivity index (χ2v) is 9.67. The zero-order valence-electron chi connectivity index (χ0n) is 20.9. The molecule has 1 saturated heterocycles. The third kappa shape index (κ3) is 4.56. The standard InChI is InChI=1S/C27H32N4O5/c1-17-14-21(8-11-28-17)30-12-9-20(10-13-30)29(2)26(32)19-5-4-18-6-7-23(22(18)15-19)31-25(35-3)16-24(36-31)27(33)34/h4-5,8,11,14-16,20,23,25H,6-7,9-10,12-13H2,1-3H3,(H,33,34)/t23-,25?/m1/s1. The quantitative estimate of drug-likeness (QED) is 0.656. The van der Waals surface area contributed by atoms with E-state index in [9.17, 15) is 14.7 Å². The molecule has 3 heterocycles. The van der Waals surface area contributed by atoms with Crippen LogP contribution in [0.5, 0.6) is 0 Å². The lowest BCUT2D eigenvalue weighted by molar-refractivity contribution is -0.212. The molecule has 1 fully saturated rings. The molecule has 0 bridgehead atoms. The minimum absolute atomic E-state index is 0.00311. The van der Waals surface area contributed by atoms with Gasteiger partial charge in [-0.15, -0.1) is 5.06 Å². The average molecular weight is 493 g/mol. The van der Waals surface area contributed by atoms with E-state index in [1.165, 1.54) is 18.9 Å². The van der Waals surface area contributed by atoms with Crippen LogP contribution >= 0.6 is 0 Å². The average Bonchev–Trinajstić information content (AvgIpc) is 3.51. The number of benzene rings is 1. The number of amides is 1. The van der Waals surface area contributed by atoms with E-state index < -0.39 is 12.2 Å². The summed E-state index contributed by atoms with van der Waals surface area (Å²) >= 11 is 0. The molecule has 190 valence electrons. The van der Waals surface area contributed by atoms with E-state index in [4.69, 9.17) is 9.57 Å². The van der Waals surface area contributed by atoms with Gasteiger partial charge >= 0.3 is 5.97 Å². The largest absolute Gasteiger partial charge is 0.475 e. The fourth-order valence-electron chi connectivity index (χ4n) is 5.51. The minimum atomic E-state index is -1.13. The Morgan fingerprint density at radius 3 is 2.64 bits per heavy atom. The highest BCUT2D eigenvalue weighted by Crippen LogP contribution is 2.40. The number of ether oxygens (including phenoxy) is 1. The smallest absolute Gasteiger partial charge is 0.373 e. The van der Waals surface area contributed by atoms with E-state index in [0.717, 1.165) is 55.6 Å². The fourth-order valence-corrected chi connectivity index (χ4v) is 5.51. The second kappa shape index (κ2) is 9.91. The number of methoxy groups -OCH3 is 1. The van der Waals surface area contributed by atoms with Crippen molar-refractivity contribution in [2.45, 2.75) is 50.9 Å². The number of hydrogen-bond acceptors (Lipinski definition) is 7. The first kappa shape index (κ1) is 24.3. The molecule has 1 amide bonds. The molecule has 1 aliphatic carbocycles. The van der Waals surface area contributed by atoms with Crippen LogP contribution in [0.15, 0.2) is 48.4 Å². The van der Waals surface area contributed by atoms with E-state index in [0.29, 0.717) is 5.56 Å². The van der Waals surface area contributed by atoms with Gasteiger partial charge in [0.1, 0.15) is 0 Å². The molecule has 0 saturated carbocycles. The molecule has 9 heteroatoms. The van der Waals surface area contributed by atoms with Gasteiger partial charge in [-0.1, -0.05) is 6.07 Å². The van der Waals surface area contributed by atoms with Crippen molar-refractivity contribution >= 4 is 17.6 Å². The van der Waals surface area contributed by atoms with Crippen molar-refractivity contribution in [1.82, 2.24) is 14.9 Å². The van der Waals surface area contributed by atoms with Crippen LogP contribution in [0, 0.1) is 6.92 Å². The number of carbonyl (C=O) groups excluding carboxylic acids is 1. The summed E-state index contributed by atoms with van der Waals surface area (Å²) in [4.78, 5) is 39.0. The van der Waals surface area contributed by atoms with Gasteiger partial charge in [-0.2, -0.15) is 0 Å². The molecule has 1 N–H and O–H groups in total. The Morgan fingerprint density at radius 1 is 1.17 bits per heavy atom. The number of aromatic nitrogens is 1. The Labute approximate surface area is 210 Å². The summed E-state index contributed by atoms with van der Waals surface area (Å²) in [5.74, 6) is -1.28. The van der Waals surface area contributed by atoms with Crippen LogP contribution in [0.1, 0.15) is 52.5 Å². The number of carboxylic acid groups (broad SMARTS) is 1.